The van der Waals surface area contributed by atoms with Gasteiger partial charge >= 0.3 is 12.1 Å². The molecule has 0 spiro atoms. The number of nitrogens with two attached hydrogens (primary N) is 1. The van der Waals surface area contributed by atoms with E-state index in [2.05, 4.69) is 95.9 Å². The van der Waals surface area contributed by atoms with Gasteiger partial charge in [-0.2, -0.15) is 13.2 Å². The molecule has 3 N–H and O–H groups in total. The largest absolute Gasteiger partial charge is 0.490 e. The van der Waals surface area contributed by atoms with E-state index in [4.69, 9.17) is 15.6 Å². The highest BCUT2D eigenvalue weighted by Gasteiger charge is 2.43. The lowest BCUT2D eigenvalue weighted by atomic mass is 9.74. The van der Waals surface area contributed by atoms with Crippen LogP contribution >= 0.6 is 0 Å². The van der Waals surface area contributed by atoms with Crippen molar-refractivity contribution in [1.82, 2.24) is 4.90 Å². The molecule has 1 aliphatic rings. The fraction of sp³-hybridized carbons (Fsp3) is 0.269. The molecule has 7 heteroatoms. The van der Waals surface area contributed by atoms with E-state index in [-0.39, 0.29) is 5.54 Å². The molecule has 4 nitrogen and oxygen atoms in total. The second-order valence-corrected chi connectivity index (χ2v) is 7.94. The van der Waals surface area contributed by atoms with Gasteiger partial charge in [0, 0.05) is 19.1 Å². The second-order valence-electron chi connectivity index (χ2n) is 7.94. The molecule has 0 aliphatic carbocycles. The fourth-order valence-corrected chi connectivity index (χ4v) is 4.32. The van der Waals surface area contributed by atoms with Crippen LogP contribution < -0.4 is 5.73 Å². The third kappa shape index (κ3) is 5.61. The topological polar surface area (TPSA) is 66.6 Å². The van der Waals surface area contributed by atoms with Gasteiger partial charge in [-0.05, 0) is 29.5 Å². The van der Waals surface area contributed by atoms with Gasteiger partial charge in [0.25, 0.3) is 0 Å². The molecule has 1 saturated heterocycles. The van der Waals surface area contributed by atoms with Crippen molar-refractivity contribution in [3.8, 4) is 0 Å². The molecule has 4 rings (SSSR count). The first-order chi connectivity index (χ1) is 15.8. The number of alkyl halides is 3. The number of hydrogen-bond acceptors (Lipinski definition) is 3. The van der Waals surface area contributed by atoms with Crippen molar-refractivity contribution in [2.75, 3.05) is 13.1 Å². The first kappa shape index (κ1) is 24.5. The maximum absolute atomic E-state index is 10.6. The molecule has 0 amide bonds. The summed E-state index contributed by atoms with van der Waals surface area (Å²) in [6.07, 6.45) is -3.01. The lowest BCUT2D eigenvalue weighted by Crippen LogP contribution is -2.53. The second kappa shape index (κ2) is 10.6. The van der Waals surface area contributed by atoms with Crippen LogP contribution in [0, 0.1) is 0 Å². The Kier molecular flexibility index (Phi) is 7.89. The van der Waals surface area contributed by atoms with E-state index in [9.17, 15) is 13.2 Å². The van der Waals surface area contributed by atoms with E-state index in [1.807, 2.05) is 0 Å². The van der Waals surface area contributed by atoms with Gasteiger partial charge in [0.05, 0.1) is 5.54 Å². The fourth-order valence-electron chi connectivity index (χ4n) is 4.32. The van der Waals surface area contributed by atoms with Gasteiger partial charge in [-0.3, -0.25) is 4.90 Å². The number of aliphatic carboxylic acids is 1. The Balaban J connectivity index is 0.000000383. The van der Waals surface area contributed by atoms with Crippen molar-refractivity contribution in [2.24, 2.45) is 5.73 Å². The smallest absolute Gasteiger partial charge is 0.475 e. The maximum Gasteiger partial charge on any atom is 0.490 e. The van der Waals surface area contributed by atoms with E-state index < -0.39 is 12.1 Å². The summed E-state index contributed by atoms with van der Waals surface area (Å²) in [6, 6.07) is 33.0. The van der Waals surface area contributed by atoms with Crippen LogP contribution in [0.2, 0.25) is 0 Å². The number of carboxylic acid groups (broad SMARTS) is 1. The molecule has 3 aromatic carbocycles. The van der Waals surface area contributed by atoms with Crippen LogP contribution in [0.1, 0.15) is 29.5 Å². The molecule has 1 fully saturated rings. The van der Waals surface area contributed by atoms with Gasteiger partial charge in [0.1, 0.15) is 0 Å². The highest BCUT2D eigenvalue weighted by molar-refractivity contribution is 5.73. The first-order valence-electron chi connectivity index (χ1n) is 10.7. The van der Waals surface area contributed by atoms with E-state index in [1.54, 1.807) is 0 Å². The number of halogens is 3. The predicted molar refractivity (Wildman–Crippen MR) is 122 cm³/mol. The molecular formula is C26H27F3N2O2. The van der Waals surface area contributed by atoms with Crippen molar-refractivity contribution < 1.29 is 23.1 Å². The number of benzene rings is 3. The van der Waals surface area contributed by atoms with Crippen LogP contribution in [0.5, 0.6) is 0 Å². The van der Waals surface area contributed by atoms with Crippen LogP contribution in [-0.2, 0) is 10.3 Å². The number of rotatable bonds is 4. The number of nitrogens with zero attached hydrogens (tertiary/aromatic N) is 1. The molecule has 0 aromatic heterocycles. The molecule has 33 heavy (non-hydrogen) atoms. The normalized spacial score (nSPS) is 15.4. The maximum atomic E-state index is 10.6. The third-order valence-corrected chi connectivity index (χ3v) is 5.83. The number of hydrogen-bond donors (Lipinski definition) is 2. The molecule has 0 radical (unpaired) electrons. The molecular weight excluding hydrogens is 429 g/mol. The number of piperidine rings is 1. The Morgan fingerprint density at radius 1 is 0.758 bits per heavy atom. The third-order valence-electron chi connectivity index (χ3n) is 5.83. The Bertz CT molecular complexity index is 907. The molecule has 0 atom stereocenters. The average Bonchev–Trinajstić information content (AvgIpc) is 2.83. The van der Waals surface area contributed by atoms with Crippen molar-refractivity contribution in [1.29, 1.82) is 0 Å². The molecule has 3 aromatic rings. The van der Waals surface area contributed by atoms with E-state index >= 15 is 0 Å². The summed E-state index contributed by atoms with van der Waals surface area (Å²) in [4.78, 5) is 11.5. The van der Waals surface area contributed by atoms with E-state index in [1.165, 1.54) is 16.7 Å². The molecule has 1 heterocycles. The average molecular weight is 457 g/mol. The zero-order valence-electron chi connectivity index (χ0n) is 18.1. The lowest BCUT2D eigenvalue weighted by Gasteiger charge is -2.48. The van der Waals surface area contributed by atoms with Gasteiger partial charge in [0.15, 0.2) is 0 Å². The Labute approximate surface area is 191 Å². The Hall–Kier alpha value is -3.16. The highest BCUT2D eigenvalue weighted by atomic mass is 19.4. The summed E-state index contributed by atoms with van der Waals surface area (Å²) in [5.74, 6) is -2.76. The zero-order valence-corrected chi connectivity index (χ0v) is 18.1. The van der Waals surface area contributed by atoms with Gasteiger partial charge in [-0.15, -0.1) is 0 Å². The Morgan fingerprint density at radius 2 is 1.06 bits per heavy atom. The summed E-state index contributed by atoms with van der Waals surface area (Å²) < 4.78 is 31.7. The zero-order chi connectivity index (χ0) is 23.9. The van der Waals surface area contributed by atoms with Gasteiger partial charge in [0.2, 0.25) is 0 Å². The minimum atomic E-state index is -5.08. The SMILES string of the molecule is NC1CCN(C(c2ccccc2)(c2ccccc2)c2ccccc2)CC1.O=C(O)C(F)(F)F. The molecule has 0 bridgehead atoms. The first-order valence-corrected chi connectivity index (χ1v) is 10.7. The van der Waals surface area contributed by atoms with Crippen molar-refractivity contribution in [2.45, 2.75) is 30.6 Å². The number of likely N-dealkylation sites (tertiary alicyclic amines) is 1. The lowest BCUT2D eigenvalue weighted by molar-refractivity contribution is -0.192. The van der Waals surface area contributed by atoms with Gasteiger partial charge in [-0.25, -0.2) is 4.79 Å². The number of carbonyl (C=O) groups is 1. The predicted octanol–water partition coefficient (Wildman–Crippen LogP) is 5.03. The van der Waals surface area contributed by atoms with E-state index in [0.29, 0.717) is 6.04 Å². The van der Waals surface area contributed by atoms with Crippen LogP contribution in [0.15, 0.2) is 91.0 Å². The van der Waals surface area contributed by atoms with Crippen LogP contribution in [-0.4, -0.2) is 41.3 Å². The molecule has 1 aliphatic heterocycles. The summed E-state index contributed by atoms with van der Waals surface area (Å²) >= 11 is 0. The molecule has 0 unspecified atom stereocenters. The number of carboxylic acids is 1. The van der Waals surface area contributed by atoms with Crippen molar-refractivity contribution >= 4 is 5.97 Å². The van der Waals surface area contributed by atoms with Crippen molar-refractivity contribution in [3.05, 3.63) is 108 Å². The molecule has 0 saturated carbocycles. The monoisotopic (exact) mass is 456 g/mol. The van der Waals surface area contributed by atoms with Crippen molar-refractivity contribution in [3.63, 3.8) is 0 Å². The minimum absolute atomic E-state index is 0.288. The summed E-state index contributed by atoms with van der Waals surface area (Å²) in [7, 11) is 0. The summed E-state index contributed by atoms with van der Waals surface area (Å²) in [6.45, 7) is 2.00. The van der Waals surface area contributed by atoms with Crippen LogP contribution in [0.3, 0.4) is 0 Å². The standard InChI is InChI=1S/C24H26N2.C2HF3O2/c25-23-16-18-26(19-17-23)24(20-10-4-1-5-11-20,21-12-6-2-7-13-21)22-14-8-3-9-15-22;3-2(4,5)1(6)7/h1-15,23H,16-19,25H2;(H,6,7). The molecule has 174 valence electrons. The minimum Gasteiger partial charge on any atom is -0.475 e. The highest BCUT2D eigenvalue weighted by Crippen LogP contribution is 2.43. The summed E-state index contributed by atoms with van der Waals surface area (Å²) in [5.41, 5.74) is 9.88. The van der Waals surface area contributed by atoms with Crippen LogP contribution in [0.25, 0.3) is 0 Å². The summed E-state index contributed by atoms with van der Waals surface area (Å²) in [5, 5.41) is 7.12. The van der Waals surface area contributed by atoms with Gasteiger partial charge < -0.3 is 10.8 Å². The Morgan fingerprint density at radius 3 is 1.33 bits per heavy atom. The quantitative estimate of drug-likeness (QED) is 0.540. The van der Waals surface area contributed by atoms with Gasteiger partial charge in [-0.1, -0.05) is 91.0 Å². The van der Waals surface area contributed by atoms with Crippen LogP contribution in [0.4, 0.5) is 13.2 Å². The van der Waals surface area contributed by atoms with E-state index in [0.717, 1.165) is 25.9 Å².